The lowest BCUT2D eigenvalue weighted by Gasteiger charge is -2.36. The topological polar surface area (TPSA) is 213 Å². The van der Waals surface area contributed by atoms with Gasteiger partial charge in [0.15, 0.2) is 17.4 Å². The Kier molecular flexibility index (Phi) is 8.43. The van der Waals surface area contributed by atoms with E-state index in [1.807, 2.05) is 0 Å². The Labute approximate surface area is 240 Å². The van der Waals surface area contributed by atoms with Crippen molar-refractivity contribution in [2.45, 2.75) is 75.5 Å². The van der Waals surface area contributed by atoms with Gasteiger partial charge in [-0.25, -0.2) is 9.55 Å². The zero-order valence-corrected chi connectivity index (χ0v) is 24.2. The van der Waals surface area contributed by atoms with E-state index in [1.165, 1.54) is 24.7 Å². The lowest BCUT2D eigenvalue weighted by molar-refractivity contribution is -0.153. The number of esters is 1. The highest BCUT2D eigenvalue weighted by Crippen LogP contribution is 2.49. The predicted octanol–water partition coefficient (Wildman–Crippen LogP) is 1.77. The number of nitrogens with zero attached hydrogens (tertiary/aromatic N) is 3. The minimum atomic E-state index is -4.36. The molecule has 16 heteroatoms. The van der Waals surface area contributed by atoms with Gasteiger partial charge in [0.1, 0.15) is 29.1 Å². The summed E-state index contributed by atoms with van der Waals surface area (Å²) in [4.78, 5) is 35.5. The first-order valence-corrected chi connectivity index (χ1v) is 15.2. The minimum Gasteiger partial charge on any atom is -0.461 e. The molecule has 15 nitrogen and oxygen atoms in total. The number of anilines is 1. The summed E-state index contributed by atoms with van der Waals surface area (Å²) >= 11 is 0. The standard InChI is InChI=1S/C26H35N6O9P/c1-16(22(34)40-17-9-5-3-6-10-17)31-42(37,41-18-11-7-4-8-12-18)39-14-26(36)13-38-23(25(26,2)35)32-15-28-19-20(32)29-24(27)30-21(19)33/h4,7-8,11-12,15-17,23,35-36H,3,5-6,9-10,13-14H2,1-2H3,(H,31,37)(H3,27,29,30,33)/t16?,23-,25+,26?,42?/m1/s1. The predicted molar refractivity (Wildman–Crippen MR) is 149 cm³/mol. The number of benzene rings is 1. The Morgan fingerprint density at radius 1 is 1.29 bits per heavy atom. The maximum Gasteiger partial charge on any atom is 0.459 e. The van der Waals surface area contributed by atoms with Crippen LogP contribution in [0.25, 0.3) is 11.2 Å². The summed E-state index contributed by atoms with van der Waals surface area (Å²) in [6, 6.07) is 7.07. The van der Waals surface area contributed by atoms with Crippen LogP contribution in [-0.2, 0) is 23.4 Å². The molecule has 0 spiro atoms. The third-order valence-electron chi connectivity index (χ3n) is 7.59. The van der Waals surface area contributed by atoms with E-state index in [1.54, 1.807) is 30.3 Å². The van der Waals surface area contributed by atoms with Crippen LogP contribution in [0.3, 0.4) is 0 Å². The Bertz CT molecular complexity index is 1520. The first kappa shape index (κ1) is 30.1. The number of nitrogens with two attached hydrogens (primary N) is 1. The molecule has 0 radical (unpaired) electrons. The van der Waals surface area contributed by atoms with Gasteiger partial charge in [0.05, 0.1) is 19.5 Å². The fourth-order valence-corrected chi connectivity index (χ4v) is 6.59. The van der Waals surface area contributed by atoms with Gasteiger partial charge in [-0.05, 0) is 51.7 Å². The number of aromatic amines is 1. The number of carbonyl (C=O) groups is 1. The molecule has 3 heterocycles. The number of imidazole rings is 1. The third-order valence-corrected chi connectivity index (χ3v) is 9.21. The van der Waals surface area contributed by atoms with Gasteiger partial charge < -0.3 is 29.9 Å². The molecule has 2 fully saturated rings. The van der Waals surface area contributed by atoms with Crippen LogP contribution in [0, 0.1) is 0 Å². The second-order valence-corrected chi connectivity index (χ2v) is 12.5. The molecule has 3 unspecified atom stereocenters. The second kappa shape index (κ2) is 11.7. The number of H-pyrrole nitrogens is 1. The molecule has 6 N–H and O–H groups in total. The van der Waals surface area contributed by atoms with E-state index in [0.29, 0.717) is 0 Å². The largest absolute Gasteiger partial charge is 0.461 e. The lowest BCUT2D eigenvalue weighted by atomic mass is 9.86. The van der Waals surface area contributed by atoms with E-state index in [4.69, 9.17) is 24.3 Å². The van der Waals surface area contributed by atoms with Crippen molar-refractivity contribution in [3.63, 3.8) is 0 Å². The van der Waals surface area contributed by atoms with Crippen molar-refractivity contribution in [2.75, 3.05) is 18.9 Å². The minimum absolute atomic E-state index is 0.0248. The number of aliphatic hydroxyl groups is 2. The highest BCUT2D eigenvalue weighted by molar-refractivity contribution is 7.52. The fourth-order valence-electron chi connectivity index (χ4n) is 5.05. The molecule has 5 rings (SSSR count). The first-order chi connectivity index (χ1) is 19.9. The van der Waals surface area contributed by atoms with Gasteiger partial charge in [-0.3, -0.25) is 23.7 Å². The van der Waals surface area contributed by atoms with Crippen LogP contribution in [0.5, 0.6) is 5.75 Å². The first-order valence-electron chi connectivity index (χ1n) is 13.7. The summed E-state index contributed by atoms with van der Waals surface area (Å²) < 4.78 is 37.9. The van der Waals surface area contributed by atoms with Crippen molar-refractivity contribution in [3.05, 3.63) is 47.0 Å². The number of hydrogen-bond donors (Lipinski definition) is 5. The second-order valence-electron chi connectivity index (χ2n) is 10.8. The van der Waals surface area contributed by atoms with E-state index in [-0.39, 0.29) is 29.0 Å². The van der Waals surface area contributed by atoms with Crippen molar-refractivity contribution < 1.29 is 38.1 Å². The summed E-state index contributed by atoms with van der Waals surface area (Å²) in [5.74, 6) is -0.614. The zero-order chi connectivity index (χ0) is 30.1. The van der Waals surface area contributed by atoms with Gasteiger partial charge in [0, 0.05) is 0 Å². The van der Waals surface area contributed by atoms with Crippen LogP contribution in [-0.4, -0.2) is 72.3 Å². The third kappa shape index (κ3) is 6.07. The van der Waals surface area contributed by atoms with Crippen LogP contribution in [0.1, 0.15) is 52.2 Å². The molecule has 42 heavy (non-hydrogen) atoms. The smallest absolute Gasteiger partial charge is 0.459 e. The number of nitrogens with one attached hydrogen (secondary N) is 2. The number of ether oxygens (including phenoxy) is 2. The summed E-state index contributed by atoms with van der Waals surface area (Å²) in [6.45, 7) is 1.56. The van der Waals surface area contributed by atoms with Crippen molar-refractivity contribution in [2.24, 2.45) is 0 Å². The highest BCUT2D eigenvalue weighted by Gasteiger charge is 2.60. The average Bonchev–Trinajstić information content (AvgIpc) is 3.46. The molecule has 2 aromatic heterocycles. The summed E-state index contributed by atoms with van der Waals surface area (Å²) in [5.41, 5.74) is 0.853. The van der Waals surface area contributed by atoms with Crippen molar-refractivity contribution in [1.29, 1.82) is 0 Å². The molecule has 0 bridgehead atoms. The molecule has 1 aliphatic heterocycles. The molecular formula is C26H35N6O9P. The van der Waals surface area contributed by atoms with Gasteiger partial charge in [-0.1, -0.05) is 24.6 Å². The highest BCUT2D eigenvalue weighted by atomic mass is 31.2. The zero-order valence-electron chi connectivity index (χ0n) is 23.3. The van der Waals surface area contributed by atoms with Gasteiger partial charge in [0.25, 0.3) is 5.56 Å². The van der Waals surface area contributed by atoms with Crippen LogP contribution in [0.2, 0.25) is 0 Å². The Morgan fingerprint density at radius 2 is 2.00 bits per heavy atom. The van der Waals surface area contributed by atoms with Crippen LogP contribution in [0.15, 0.2) is 41.5 Å². The summed E-state index contributed by atoms with van der Waals surface area (Å²) in [7, 11) is -4.36. The molecule has 5 atom stereocenters. The van der Waals surface area contributed by atoms with Crippen molar-refractivity contribution in [1.82, 2.24) is 24.6 Å². The van der Waals surface area contributed by atoms with Crippen LogP contribution >= 0.6 is 7.75 Å². The molecule has 1 aromatic carbocycles. The van der Waals surface area contributed by atoms with E-state index < -0.39 is 56.0 Å². The summed E-state index contributed by atoms with van der Waals surface area (Å²) in [5, 5.41) is 25.6. The molecule has 0 amide bonds. The van der Waals surface area contributed by atoms with Gasteiger partial charge >= 0.3 is 13.7 Å². The van der Waals surface area contributed by atoms with E-state index >= 15 is 0 Å². The molecule has 1 saturated carbocycles. The maximum absolute atomic E-state index is 14.0. The van der Waals surface area contributed by atoms with Crippen LogP contribution in [0.4, 0.5) is 5.95 Å². The number of aromatic nitrogens is 4. The molecule has 3 aromatic rings. The van der Waals surface area contributed by atoms with Gasteiger partial charge in [-0.15, -0.1) is 0 Å². The normalized spacial score (nSPS) is 27.0. The van der Waals surface area contributed by atoms with Crippen LogP contribution < -0.4 is 20.9 Å². The number of rotatable bonds is 10. The van der Waals surface area contributed by atoms with E-state index in [2.05, 4.69) is 20.0 Å². The number of para-hydroxylation sites is 1. The molecular weight excluding hydrogens is 571 g/mol. The SMILES string of the molecule is CC(NP(=O)(OCC1(O)CO[C@@H](n2cnc3c(=O)[nH]c(N)nc32)[C@]1(C)O)Oc1ccccc1)C(=O)OC1CCCCC1. The average molecular weight is 607 g/mol. The van der Waals surface area contributed by atoms with E-state index in [0.717, 1.165) is 32.1 Å². The summed E-state index contributed by atoms with van der Waals surface area (Å²) in [6.07, 6.45) is 4.28. The Morgan fingerprint density at radius 3 is 2.71 bits per heavy atom. The molecule has 1 aliphatic carbocycles. The Hall–Kier alpha value is -3.33. The van der Waals surface area contributed by atoms with Gasteiger partial charge in [-0.2, -0.15) is 10.1 Å². The molecule has 228 valence electrons. The number of hydrogen-bond acceptors (Lipinski definition) is 12. The number of carbonyl (C=O) groups excluding carboxylic acids is 1. The maximum atomic E-state index is 14.0. The molecule has 2 aliphatic rings. The van der Waals surface area contributed by atoms with E-state index in [9.17, 15) is 24.4 Å². The quantitative estimate of drug-likeness (QED) is 0.165. The monoisotopic (exact) mass is 606 g/mol. The van der Waals surface area contributed by atoms with Crippen molar-refractivity contribution >= 4 is 30.8 Å². The van der Waals surface area contributed by atoms with Crippen molar-refractivity contribution in [3.8, 4) is 5.75 Å². The van der Waals surface area contributed by atoms with Gasteiger partial charge in [0.2, 0.25) is 5.95 Å². The fraction of sp³-hybridized carbons (Fsp3) is 0.538. The number of fused-ring (bicyclic) bond motifs is 1. The number of nitrogen functional groups attached to an aromatic ring is 1. The molecule has 1 saturated heterocycles. The Balaban J connectivity index is 1.34. The lowest BCUT2D eigenvalue weighted by Crippen LogP contribution is -2.56.